The monoisotopic (exact) mass is 361 g/mol. The van der Waals surface area contributed by atoms with Crippen LogP contribution in [0.2, 0.25) is 0 Å². The summed E-state index contributed by atoms with van der Waals surface area (Å²) in [6.45, 7) is 9.21. The summed E-state index contributed by atoms with van der Waals surface area (Å²) in [4.78, 5) is 16.7. The molecular formula is C17H29Cl2N3O. The number of carbonyl (C=O) groups is 1. The summed E-state index contributed by atoms with van der Waals surface area (Å²) in [5.41, 5.74) is 6.49. The zero-order valence-corrected chi connectivity index (χ0v) is 15.8. The number of amides is 1. The molecule has 1 aromatic rings. The van der Waals surface area contributed by atoms with E-state index < -0.39 is 5.54 Å². The van der Waals surface area contributed by atoms with Gasteiger partial charge < -0.3 is 10.6 Å². The van der Waals surface area contributed by atoms with Crippen LogP contribution in [-0.4, -0.2) is 46.9 Å². The normalized spacial score (nSPS) is 19.3. The zero-order chi connectivity index (χ0) is 15.5. The molecule has 1 fully saturated rings. The van der Waals surface area contributed by atoms with Crippen LogP contribution in [0.3, 0.4) is 0 Å². The first-order chi connectivity index (χ1) is 9.88. The molecule has 1 unspecified atom stereocenters. The van der Waals surface area contributed by atoms with E-state index in [0.717, 1.165) is 32.6 Å². The Balaban J connectivity index is 0.00000242. The summed E-state index contributed by atoms with van der Waals surface area (Å²) in [5, 5.41) is 0. The van der Waals surface area contributed by atoms with E-state index in [0.29, 0.717) is 6.04 Å². The Morgan fingerprint density at radius 2 is 1.78 bits per heavy atom. The maximum Gasteiger partial charge on any atom is 0.242 e. The van der Waals surface area contributed by atoms with Gasteiger partial charge in [0, 0.05) is 32.2 Å². The first kappa shape index (κ1) is 22.2. The van der Waals surface area contributed by atoms with Gasteiger partial charge in [-0.05, 0) is 32.8 Å². The summed E-state index contributed by atoms with van der Waals surface area (Å²) >= 11 is 0. The molecule has 23 heavy (non-hydrogen) atoms. The third-order valence-corrected chi connectivity index (χ3v) is 4.16. The number of rotatable bonds is 3. The molecule has 1 saturated heterocycles. The van der Waals surface area contributed by atoms with Crippen molar-refractivity contribution in [2.75, 3.05) is 19.6 Å². The van der Waals surface area contributed by atoms with E-state index in [2.05, 4.69) is 36.1 Å². The molecule has 1 heterocycles. The van der Waals surface area contributed by atoms with E-state index in [-0.39, 0.29) is 30.7 Å². The number of nitrogens with two attached hydrogens (primary N) is 1. The minimum Gasteiger partial charge on any atom is -0.340 e. The highest BCUT2D eigenvalue weighted by molar-refractivity contribution is 5.86. The number of nitrogens with zero attached hydrogens (tertiary/aromatic N) is 2. The maximum atomic E-state index is 12.3. The summed E-state index contributed by atoms with van der Waals surface area (Å²) in [6, 6.07) is 11.0. The number of carbonyl (C=O) groups excluding carboxylic acids is 1. The highest BCUT2D eigenvalue weighted by Gasteiger charge is 2.30. The van der Waals surface area contributed by atoms with Crippen LogP contribution in [-0.2, 0) is 11.3 Å². The molecule has 6 heteroatoms. The minimum atomic E-state index is -0.780. The van der Waals surface area contributed by atoms with E-state index in [1.165, 1.54) is 5.56 Å². The minimum absolute atomic E-state index is 0. The molecule has 132 valence electrons. The molecule has 1 atom stereocenters. The smallest absolute Gasteiger partial charge is 0.242 e. The van der Waals surface area contributed by atoms with Gasteiger partial charge in [-0.15, -0.1) is 24.8 Å². The van der Waals surface area contributed by atoms with E-state index in [4.69, 9.17) is 5.73 Å². The van der Waals surface area contributed by atoms with E-state index >= 15 is 0 Å². The van der Waals surface area contributed by atoms with Crippen LogP contribution in [0, 0.1) is 0 Å². The van der Waals surface area contributed by atoms with Gasteiger partial charge in [-0.3, -0.25) is 9.69 Å². The molecule has 1 amide bonds. The van der Waals surface area contributed by atoms with Crippen molar-refractivity contribution in [2.45, 2.75) is 45.3 Å². The third-order valence-electron chi connectivity index (χ3n) is 4.16. The molecule has 2 rings (SSSR count). The molecule has 1 aromatic carbocycles. The fraction of sp³-hybridized carbons (Fsp3) is 0.588. The highest BCUT2D eigenvalue weighted by Crippen LogP contribution is 2.16. The summed E-state index contributed by atoms with van der Waals surface area (Å²) in [7, 11) is 0. The lowest BCUT2D eigenvalue weighted by Gasteiger charge is -2.28. The van der Waals surface area contributed by atoms with Crippen molar-refractivity contribution >= 4 is 30.7 Å². The van der Waals surface area contributed by atoms with Crippen molar-refractivity contribution in [3.63, 3.8) is 0 Å². The Morgan fingerprint density at radius 3 is 2.35 bits per heavy atom. The van der Waals surface area contributed by atoms with Gasteiger partial charge in [0.25, 0.3) is 0 Å². The van der Waals surface area contributed by atoms with Crippen LogP contribution in [0.1, 0.15) is 32.8 Å². The van der Waals surface area contributed by atoms with Crippen LogP contribution in [0.4, 0.5) is 0 Å². The molecule has 0 saturated carbocycles. The highest BCUT2D eigenvalue weighted by atomic mass is 35.5. The number of benzene rings is 1. The lowest BCUT2D eigenvalue weighted by molar-refractivity contribution is -0.135. The SMILES string of the molecule is CC1CCN(C(=O)C(C)(C)N)CCN1Cc1ccccc1.Cl.Cl. The second-order valence-electron chi connectivity index (χ2n) is 6.61. The van der Waals surface area contributed by atoms with Gasteiger partial charge in [-0.1, -0.05) is 30.3 Å². The van der Waals surface area contributed by atoms with Crippen molar-refractivity contribution in [1.82, 2.24) is 9.80 Å². The Morgan fingerprint density at radius 1 is 1.17 bits per heavy atom. The maximum absolute atomic E-state index is 12.3. The average Bonchev–Trinajstić information content (AvgIpc) is 2.61. The molecular weight excluding hydrogens is 333 g/mol. The van der Waals surface area contributed by atoms with Crippen LogP contribution < -0.4 is 5.73 Å². The first-order valence-corrected chi connectivity index (χ1v) is 7.74. The molecule has 0 bridgehead atoms. The lowest BCUT2D eigenvalue weighted by Crippen LogP contribution is -2.52. The number of halogens is 2. The van der Waals surface area contributed by atoms with Crippen LogP contribution >= 0.6 is 24.8 Å². The Labute approximate surface area is 152 Å². The first-order valence-electron chi connectivity index (χ1n) is 7.74. The topological polar surface area (TPSA) is 49.6 Å². The van der Waals surface area contributed by atoms with E-state index in [1.807, 2.05) is 11.0 Å². The largest absolute Gasteiger partial charge is 0.340 e. The van der Waals surface area contributed by atoms with Crippen molar-refractivity contribution in [3.05, 3.63) is 35.9 Å². The molecule has 0 spiro atoms. The predicted molar refractivity (Wildman–Crippen MR) is 100 cm³/mol. The van der Waals surface area contributed by atoms with Crippen LogP contribution in [0.25, 0.3) is 0 Å². The molecule has 1 aliphatic heterocycles. The van der Waals surface area contributed by atoms with Gasteiger partial charge >= 0.3 is 0 Å². The van der Waals surface area contributed by atoms with E-state index in [9.17, 15) is 4.79 Å². The Bertz CT molecular complexity index is 476. The Kier molecular flexibility index (Phi) is 9.14. The van der Waals surface area contributed by atoms with Gasteiger partial charge in [0.1, 0.15) is 0 Å². The summed E-state index contributed by atoms with van der Waals surface area (Å²) in [5.74, 6) is 0.0521. The molecule has 2 N–H and O–H groups in total. The van der Waals surface area contributed by atoms with Crippen LogP contribution in [0.15, 0.2) is 30.3 Å². The number of hydrogen-bond donors (Lipinski definition) is 1. The summed E-state index contributed by atoms with van der Waals surface area (Å²) < 4.78 is 0. The third kappa shape index (κ3) is 6.30. The fourth-order valence-corrected chi connectivity index (χ4v) is 2.77. The van der Waals surface area contributed by atoms with Crippen molar-refractivity contribution in [1.29, 1.82) is 0 Å². The number of hydrogen-bond acceptors (Lipinski definition) is 3. The van der Waals surface area contributed by atoms with Crippen molar-refractivity contribution in [3.8, 4) is 0 Å². The van der Waals surface area contributed by atoms with Gasteiger partial charge in [0.05, 0.1) is 5.54 Å². The average molecular weight is 362 g/mol. The molecule has 0 aliphatic carbocycles. The van der Waals surface area contributed by atoms with Gasteiger partial charge in [-0.25, -0.2) is 0 Å². The molecule has 0 radical (unpaired) electrons. The quantitative estimate of drug-likeness (QED) is 0.900. The summed E-state index contributed by atoms with van der Waals surface area (Å²) in [6.07, 6.45) is 0.995. The van der Waals surface area contributed by atoms with Crippen LogP contribution in [0.5, 0.6) is 0 Å². The van der Waals surface area contributed by atoms with E-state index in [1.54, 1.807) is 13.8 Å². The molecule has 0 aromatic heterocycles. The molecule has 4 nitrogen and oxygen atoms in total. The zero-order valence-electron chi connectivity index (χ0n) is 14.2. The van der Waals surface area contributed by atoms with Gasteiger partial charge in [0.2, 0.25) is 5.91 Å². The van der Waals surface area contributed by atoms with Gasteiger partial charge in [0.15, 0.2) is 0 Å². The van der Waals surface area contributed by atoms with Crippen molar-refractivity contribution < 1.29 is 4.79 Å². The predicted octanol–water partition coefficient (Wildman–Crippen LogP) is 2.69. The van der Waals surface area contributed by atoms with Gasteiger partial charge in [-0.2, -0.15) is 0 Å². The second kappa shape index (κ2) is 9.48. The van der Waals surface area contributed by atoms with Crippen molar-refractivity contribution in [2.24, 2.45) is 5.73 Å². The molecule has 1 aliphatic rings. The standard InChI is InChI=1S/C17H27N3O.2ClH/c1-14-9-10-19(16(21)17(2,3)18)11-12-20(14)13-15-7-5-4-6-8-15;;/h4-8,14H,9-13,18H2,1-3H3;2*1H. The fourth-order valence-electron chi connectivity index (χ4n) is 2.77. The lowest BCUT2D eigenvalue weighted by atomic mass is 10.1. The Hall–Kier alpha value is -0.810. The second-order valence-corrected chi connectivity index (χ2v) is 6.61.